The summed E-state index contributed by atoms with van der Waals surface area (Å²) >= 11 is 0. The third-order valence-electron chi connectivity index (χ3n) is 3.23. The molecule has 94 valence electrons. The Bertz CT molecular complexity index is 678. The third kappa shape index (κ3) is 1.85. The first kappa shape index (κ1) is 11.7. The van der Waals surface area contributed by atoms with E-state index in [1.165, 1.54) is 12.1 Å². The van der Waals surface area contributed by atoms with Crippen molar-refractivity contribution in [3.63, 3.8) is 0 Å². The predicted molar refractivity (Wildman–Crippen MR) is 68.8 cm³/mol. The van der Waals surface area contributed by atoms with Crippen molar-refractivity contribution in [3.05, 3.63) is 53.8 Å². The lowest BCUT2D eigenvalue weighted by Gasteiger charge is -2.29. The Kier molecular flexibility index (Phi) is 2.69. The Morgan fingerprint density at radius 2 is 2.00 bits per heavy atom. The van der Waals surface area contributed by atoms with Gasteiger partial charge in [-0.05, 0) is 23.8 Å². The summed E-state index contributed by atoms with van der Waals surface area (Å²) in [6.07, 6.45) is -0.648. The highest BCUT2D eigenvalue weighted by molar-refractivity contribution is 5.75. The van der Waals surface area contributed by atoms with Crippen LogP contribution in [0.4, 0.5) is 4.39 Å². The second-order valence-electron chi connectivity index (χ2n) is 4.42. The van der Waals surface area contributed by atoms with Crippen LogP contribution in [0, 0.1) is 17.1 Å². The number of fused-ring (bicyclic) bond motifs is 3. The van der Waals surface area contributed by atoms with Crippen LogP contribution < -0.4 is 10.5 Å². The first-order valence-corrected chi connectivity index (χ1v) is 5.91. The Balaban J connectivity index is 2.23. The van der Waals surface area contributed by atoms with Gasteiger partial charge in [-0.1, -0.05) is 24.3 Å². The molecule has 0 aliphatic carbocycles. The molecule has 4 heteroatoms. The van der Waals surface area contributed by atoms with E-state index in [2.05, 4.69) is 0 Å². The topological polar surface area (TPSA) is 59.0 Å². The van der Waals surface area contributed by atoms with Crippen LogP contribution in [0.2, 0.25) is 0 Å². The maximum absolute atomic E-state index is 13.4. The maximum atomic E-state index is 13.4. The number of para-hydroxylation sites is 1. The normalized spacial score (nSPS) is 17.6. The molecule has 1 aliphatic heterocycles. The molecule has 2 N–H and O–H groups in total. The van der Waals surface area contributed by atoms with Crippen molar-refractivity contribution in [1.29, 1.82) is 5.26 Å². The molecule has 0 fully saturated rings. The lowest BCUT2D eigenvalue weighted by atomic mass is 9.90. The number of nitriles is 1. The van der Waals surface area contributed by atoms with Gasteiger partial charge in [0.05, 0.1) is 6.07 Å². The molecular weight excluding hydrogens is 243 g/mol. The number of halogens is 1. The summed E-state index contributed by atoms with van der Waals surface area (Å²) < 4.78 is 19.2. The number of hydrogen-bond acceptors (Lipinski definition) is 3. The van der Waals surface area contributed by atoms with E-state index in [0.717, 1.165) is 11.1 Å². The second-order valence-corrected chi connectivity index (χ2v) is 4.42. The Labute approximate surface area is 110 Å². The summed E-state index contributed by atoms with van der Waals surface area (Å²) in [7, 11) is 0. The van der Waals surface area contributed by atoms with Crippen molar-refractivity contribution in [2.75, 3.05) is 0 Å². The second kappa shape index (κ2) is 4.38. The zero-order valence-electron chi connectivity index (χ0n) is 10.0. The van der Waals surface area contributed by atoms with Gasteiger partial charge in [-0.2, -0.15) is 5.26 Å². The van der Waals surface area contributed by atoms with Crippen LogP contribution in [-0.2, 0) is 0 Å². The minimum Gasteiger partial charge on any atom is -0.482 e. The molecule has 2 unspecified atom stereocenters. The van der Waals surface area contributed by atoms with Crippen molar-refractivity contribution in [3.8, 4) is 22.9 Å². The number of nitrogens with two attached hydrogens (primary N) is 1. The highest BCUT2D eigenvalue weighted by atomic mass is 19.1. The van der Waals surface area contributed by atoms with Crippen molar-refractivity contribution in [1.82, 2.24) is 0 Å². The van der Waals surface area contributed by atoms with E-state index in [1.54, 1.807) is 6.07 Å². The Hall–Kier alpha value is -2.38. The minimum absolute atomic E-state index is 0.364. The molecule has 3 rings (SSSR count). The molecule has 2 aromatic rings. The van der Waals surface area contributed by atoms with Crippen molar-refractivity contribution < 1.29 is 9.13 Å². The standard InChI is InChI=1S/C15H11FN2O/c16-9-5-6-10-11-3-1-2-4-14(11)19-15(12(10)7-9)13(18)8-17/h1-7,13,15H,18H2. The molecule has 0 aromatic heterocycles. The average molecular weight is 254 g/mol. The molecule has 1 heterocycles. The van der Waals surface area contributed by atoms with Gasteiger partial charge in [-0.25, -0.2) is 4.39 Å². The van der Waals surface area contributed by atoms with Gasteiger partial charge in [0, 0.05) is 11.1 Å². The molecular formula is C15H11FN2O. The zero-order chi connectivity index (χ0) is 13.4. The highest BCUT2D eigenvalue weighted by Gasteiger charge is 2.30. The molecule has 1 aliphatic rings. The fourth-order valence-electron chi connectivity index (χ4n) is 2.34. The van der Waals surface area contributed by atoms with E-state index >= 15 is 0 Å². The maximum Gasteiger partial charge on any atom is 0.153 e. The smallest absolute Gasteiger partial charge is 0.153 e. The van der Waals surface area contributed by atoms with E-state index in [1.807, 2.05) is 30.3 Å². The summed E-state index contributed by atoms with van der Waals surface area (Å²) in [5.41, 5.74) is 8.13. The van der Waals surface area contributed by atoms with Gasteiger partial charge in [0.2, 0.25) is 0 Å². The van der Waals surface area contributed by atoms with Crippen LogP contribution in [0.5, 0.6) is 5.75 Å². The molecule has 2 aromatic carbocycles. The Morgan fingerprint density at radius 3 is 2.79 bits per heavy atom. The molecule has 0 saturated carbocycles. The van der Waals surface area contributed by atoms with Crippen LogP contribution in [0.25, 0.3) is 11.1 Å². The zero-order valence-corrected chi connectivity index (χ0v) is 10.0. The van der Waals surface area contributed by atoms with Gasteiger partial charge < -0.3 is 10.5 Å². The summed E-state index contributed by atoms with van der Waals surface area (Å²) in [5, 5.41) is 8.98. The van der Waals surface area contributed by atoms with Gasteiger partial charge in [-0.3, -0.25) is 0 Å². The fourth-order valence-corrected chi connectivity index (χ4v) is 2.34. The van der Waals surface area contributed by atoms with Crippen molar-refractivity contribution in [2.45, 2.75) is 12.1 Å². The number of hydrogen-bond donors (Lipinski definition) is 1. The first-order valence-electron chi connectivity index (χ1n) is 5.91. The largest absolute Gasteiger partial charge is 0.482 e. The molecule has 0 saturated heterocycles. The molecule has 2 atom stereocenters. The minimum atomic E-state index is -0.839. The number of benzene rings is 2. The molecule has 0 amide bonds. The molecule has 0 bridgehead atoms. The molecule has 19 heavy (non-hydrogen) atoms. The quantitative estimate of drug-likeness (QED) is 0.851. The van der Waals surface area contributed by atoms with E-state index < -0.39 is 12.1 Å². The summed E-state index contributed by atoms with van der Waals surface area (Å²) in [6, 6.07) is 13.1. The van der Waals surface area contributed by atoms with Crippen molar-refractivity contribution in [2.24, 2.45) is 5.73 Å². The SMILES string of the molecule is N#CC(N)C1Oc2ccccc2-c2ccc(F)cc21. The average Bonchev–Trinajstić information content (AvgIpc) is 2.45. The summed E-state index contributed by atoms with van der Waals surface area (Å²) in [5.74, 6) is 0.300. The number of nitrogens with zero attached hydrogens (tertiary/aromatic N) is 1. The van der Waals surface area contributed by atoms with Crippen LogP contribution in [0.15, 0.2) is 42.5 Å². The van der Waals surface area contributed by atoms with Crippen LogP contribution >= 0.6 is 0 Å². The van der Waals surface area contributed by atoms with Gasteiger partial charge in [0.15, 0.2) is 6.10 Å². The van der Waals surface area contributed by atoms with Crippen LogP contribution in [0.1, 0.15) is 11.7 Å². The van der Waals surface area contributed by atoms with Gasteiger partial charge >= 0.3 is 0 Å². The van der Waals surface area contributed by atoms with Gasteiger partial charge in [-0.15, -0.1) is 0 Å². The lowest BCUT2D eigenvalue weighted by molar-refractivity contribution is 0.189. The number of rotatable bonds is 1. The van der Waals surface area contributed by atoms with Gasteiger partial charge in [0.1, 0.15) is 17.6 Å². The Morgan fingerprint density at radius 1 is 1.21 bits per heavy atom. The van der Waals surface area contributed by atoms with E-state index in [4.69, 9.17) is 15.7 Å². The number of ether oxygens (including phenoxy) is 1. The monoisotopic (exact) mass is 254 g/mol. The van der Waals surface area contributed by atoms with Gasteiger partial charge in [0.25, 0.3) is 0 Å². The third-order valence-corrected chi connectivity index (χ3v) is 3.23. The van der Waals surface area contributed by atoms with Crippen LogP contribution in [-0.4, -0.2) is 6.04 Å². The summed E-state index contributed by atoms with van der Waals surface area (Å²) in [6.45, 7) is 0. The predicted octanol–water partition coefficient (Wildman–Crippen LogP) is 2.78. The molecule has 0 spiro atoms. The first-order chi connectivity index (χ1) is 9.20. The van der Waals surface area contributed by atoms with Crippen LogP contribution in [0.3, 0.4) is 0 Å². The molecule has 3 nitrogen and oxygen atoms in total. The molecule has 0 radical (unpaired) electrons. The lowest BCUT2D eigenvalue weighted by Crippen LogP contribution is -2.32. The van der Waals surface area contributed by atoms with Crippen molar-refractivity contribution >= 4 is 0 Å². The summed E-state index contributed by atoms with van der Waals surface area (Å²) in [4.78, 5) is 0. The fraction of sp³-hybridized carbons (Fsp3) is 0.133. The highest BCUT2D eigenvalue weighted by Crippen LogP contribution is 2.43. The van der Waals surface area contributed by atoms with E-state index in [0.29, 0.717) is 11.3 Å². The van der Waals surface area contributed by atoms with E-state index in [9.17, 15) is 4.39 Å². The van der Waals surface area contributed by atoms with E-state index in [-0.39, 0.29) is 5.82 Å².